The highest BCUT2D eigenvalue weighted by atomic mass is 35.5. The molecule has 5 rings (SSSR count). The Labute approximate surface area is 218 Å². The number of anilines is 1. The molecule has 4 aromatic rings. The fourth-order valence-electron chi connectivity index (χ4n) is 4.57. The van der Waals surface area contributed by atoms with Gasteiger partial charge in [0.05, 0.1) is 28.3 Å². The number of aliphatic hydroxyl groups excluding tert-OH is 1. The Morgan fingerprint density at radius 2 is 1.95 bits per heavy atom. The topological polar surface area (TPSA) is 119 Å². The summed E-state index contributed by atoms with van der Waals surface area (Å²) in [6.07, 6.45) is 4.60. The van der Waals surface area contributed by atoms with E-state index in [2.05, 4.69) is 20.3 Å². The van der Waals surface area contributed by atoms with E-state index in [-0.39, 0.29) is 33.3 Å². The lowest BCUT2D eigenvalue weighted by Crippen LogP contribution is -2.46. The second-order valence-electron chi connectivity index (χ2n) is 9.02. The predicted molar refractivity (Wildman–Crippen MR) is 138 cm³/mol. The van der Waals surface area contributed by atoms with Crippen LogP contribution in [0.25, 0.3) is 22.4 Å². The van der Waals surface area contributed by atoms with Gasteiger partial charge in [-0.25, -0.2) is 31.7 Å². The lowest BCUT2D eigenvalue weighted by atomic mass is 9.90. The van der Waals surface area contributed by atoms with Crippen LogP contribution < -0.4 is 5.32 Å². The molecule has 1 aliphatic rings. The summed E-state index contributed by atoms with van der Waals surface area (Å²) < 4.78 is 48.1. The van der Waals surface area contributed by atoms with Gasteiger partial charge in [0, 0.05) is 30.5 Å². The minimum atomic E-state index is -4.02. The number of methoxy groups -OCH3 is 1. The zero-order valence-corrected chi connectivity index (χ0v) is 21.7. The molecule has 0 saturated heterocycles. The highest BCUT2D eigenvalue weighted by molar-refractivity contribution is 7.90. The molecule has 1 saturated carbocycles. The number of fused-ring (bicyclic) bond motifs is 1. The van der Waals surface area contributed by atoms with E-state index in [1.807, 2.05) is 6.92 Å². The van der Waals surface area contributed by atoms with Crippen molar-refractivity contribution < 1.29 is 22.7 Å². The molecular formula is C25H25ClFN5O4S. The molecule has 0 aliphatic heterocycles. The van der Waals surface area contributed by atoms with Crippen LogP contribution in [0.15, 0.2) is 53.8 Å². The molecule has 3 heterocycles. The summed E-state index contributed by atoms with van der Waals surface area (Å²) in [7, 11) is -2.49. The predicted octanol–water partition coefficient (Wildman–Crippen LogP) is 4.17. The summed E-state index contributed by atoms with van der Waals surface area (Å²) in [5.41, 5.74) is 1.36. The average Bonchev–Trinajstić information content (AvgIpc) is 3.26. The van der Waals surface area contributed by atoms with E-state index < -0.39 is 28.0 Å². The first-order valence-corrected chi connectivity index (χ1v) is 13.5. The van der Waals surface area contributed by atoms with Crippen molar-refractivity contribution in [2.75, 3.05) is 12.4 Å². The molecule has 0 unspecified atom stereocenters. The molecule has 1 fully saturated rings. The zero-order chi connectivity index (χ0) is 26.3. The highest BCUT2D eigenvalue weighted by Gasteiger charge is 2.33. The number of aliphatic hydroxyl groups is 1. The SMILES string of the molecule is CO[C@@H]1CCC[C@H](Nc2nc(-c3cn(S(=O)(=O)c4ccc(C)cc4)c4ncc(Cl)cc34)ncc2F)[C@H]1O. The van der Waals surface area contributed by atoms with Crippen molar-refractivity contribution in [2.24, 2.45) is 0 Å². The number of hydrogen-bond acceptors (Lipinski definition) is 8. The van der Waals surface area contributed by atoms with Crippen molar-refractivity contribution in [3.05, 3.63) is 65.3 Å². The molecule has 3 aromatic heterocycles. The lowest BCUT2D eigenvalue weighted by Gasteiger charge is -2.34. The average molecular weight is 546 g/mol. The second-order valence-corrected chi connectivity index (χ2v) is 11.3. The molecule has 1 aliphatic carbocycles. The number of halogens is 2. The first-order chi connectivity index (χ1) is 17.7. The molecule has 1 aromatic carbocycles. The van der Waals surface area contributed by atoms with E-state index >= 15 is 0 Å². The number of ether oxygens (including phenoxy) is 1. The fraction of sp³-hybridized carbons (Fsp3) is 0.320. The van der Waals surface area contributed by atoms with E-state index in [9.17, 15) is 17.9 Å². The summed E-state index contributed by atoms with van der Waals surface area (Å²) in [4.78, 5) is 12.8. The fourth-order valence-corrected chi connectivity index (χ4v) is 6.05. The normalized spacial score (nSPS) is 20.3. The van der Waals surface area contributed by atoms with Gasteiger partial charge in [-0.3, -0.25) is 0 Å². The summed E-state index contributed by atoms with van der Waals surface area (Å²) in [5, 5.41) is 14.3. The van der Waals surface area contributed by atoms with Gasteiger partial charge in [-0.05, 0) is 44.4 Å². The van der Waals surface area contributed by atoms with Gasteiger partial charge in [-0.15, -0.1) is 0 Å². The first-order valence-electron chi connectivity index (χ1n) is 11.7. The third-order valence-electron chi connectivity index (χ3n) is 6.56. The van der Waals surface area contributed by atoms with E-state index in [0.717, 1.165) is 22.2 Å². The molecule has 0 amide bonds. The number of aromatic nitrogens is 4. The Kier molecular flexibility index (Phi) is 6.88. The van der Waals surface area contributed by atoms with Gasteiger partial charge in [-0.1, -0.05) is 29.3 Å². The Bertz CT molecular complexity index is 1560. The van der Waals surface area contributed by atoms with Gasteiger partial charge < -0.3 is 15.2 Å². The Morgan fingerprint density at radius 1 is 1.19 bits per heavy atom. The third kappa shape index (κ3) is 4.79. The third-order valence-corrected chi connectivity index (χ3v) is 8.43. The number of hydrogen-bond donors (Lipinski definition) is 2. The van der Waals surface area contributed by atoms with Crippen LogP contribution in [0, 0.1) is 12.7 Å². The Morgan fingerprint density at radius 3 is 2.68 bits per heavy atom. The number of aryl methyl sites for hydroxylation is 1. The summed E-state index contributed by atoms with van der Waals surface area (Å²) >= 11 is 6.19. The molecule has 2 N–H and O–H groups in total. The van der Waals surface area contributed by atoms with Crippen molar-refractivity contribution in [3.8, 4) is 11.4 Å². The monoisotopic (exact) mass is 545 g/mol. The molecule has 0 spiro atoms. The van der Waals surface area contributed by atoms with Crippen molar-refractivity contribution >= 4 is 38.5 Å². The van der Waals surface area contributed by atoms with Crippen LogP contribution in [0.2, 0.25) is 5.02 Å². The van der Waals surface area contributed by atoms with Gasteiger partial charge in [0.2, 0.25) is 0 Å². The maximum Gasteiger partial charge on any atom is 0.269 e. The molecule has 9 nitrogen and oxygen atoms in total. The van der Waals surface area contributed by atoms with Crippen LogP contribution in [-0.4, -0.2) is 57.8 Å². The van der Waals surface area contributed by atoms with Crippen LogP contribution >= 0.6 is 11.6 Å². The lowest BCUT2D eigenvalue weighted by molar-refractivity contribution is -0.0421. The van der Waals surface area contributed by atoms with Crippen LogP contribution in [-0.2, 0) is 14.8 Å². The number of nitrogens with zero attached hydrogens (tertiary/aromatic N) is 4. The van der Waals surface area contributed by atoms with Gasteiger partial charge in [0.1, 0.15) is 6.10 Å². The molecule has 3 atom stereocenters. The number of benzene rings is 1. The zero-order valence-electron chi connectivity index (χ0n) is 20.1. The van der Waals surface area contributed by atoms with Gasteiger partial charge in [0.25, 0.3) is 10.0 Å². The number of pyridine rings is 1. The first kappa shape index (κ1) is 25.5. The van der Waals surface area contributed by atoms with Gasteiger partial charge in [-0.2, -0.15) is 0 Å². The van der Waals surface area contributed by atoms with E-state index in [1.165, 1.54) is 31.6 Å². The summed E-state index contributed by atoms with van der Waals surface area (Å²) in [6, 6.07) is 7.54. The van der Waals surface area contributed by atoms with Crippen molar-refractivity contribution in [2.45, 2.75) is 49.3 Å². The van der Waals surface area contributed by atoms with Crippen LogP contribution in [0.3, 0.4) is 0 Å². The molecule has 0 radical (unpaired) electrons. The van der Waals surface area contributed by atoms with Crippen LogP contribution in [0.4, 0.5) is 10.2 Å². The summed E-state index contributed by atoms with van der Waals surface area (Å²) in [5.74, 6) is -0.741. The molecule has 0 bridgehead atoms. The van der Waals surface area contributed by atoms with Crippen molar-refractivity contribution in [1.29, 1.82) is 0 Å². The maximum atomic E-state index is 14.7. The van der Waals surface area contributed by atoms with Crippen LogP contribution in [0.5, 0.6) is 0 Å². The van der Waals surface area contributed by atoms with Crippen molar-refractivity contribution in [1.82, 2.24) is 18.9 Å². The molecule has 12 heteroatoms. The van der Waals surface area contributed by atoms with E-state index in [4.69, 9.17) is 16.3 Å². The van der Waals surface area contributed by atoms with Crippen molar-refractivity contribution in [3.63, 3.8) is 0 Å². The highest BCUT2D eigenvalue weighted by Crippen LogP contribution is 2.33. The molecule has 194 valence electrons. The largest absolute Gasteiger partial charge is 0.388 e. The molecular weight excluding hydrogens is 521 g/mol. The molecule has 37 heavy (non-hydrogen) atoms. The van der Waals surface area contributed by atoms with E-state index in [1.54, 1.807) is 18.2 Å². The minimum absolute atomic E-state index is 0.0735. The van der Waals surface area contributed by atoms with Gasteiger partial charge in [0.15, 0.2) is 23.1 Å². The summed E-state index contributed by atoms with van der Waals surface area (Å²) in [6.45, 7) is 1.86. The second kappa shape index (κ2) is 9.97. The standard InChI is InChI=1S/C25H25ClFN5O4S/c1-14-6-8-16(9-7-14)37(34,35)32-13-18(17-10-15(26)11-29-25(17)32)23-28-12-19(27)24(31-23)30-20-4-3-5-21(36-2)22(20)33/h6-13,20-22,33H,3-5H2,1-2H3,(H,28,30,31)/t20-,21+,22+/m0/s1. The van der Waals surface area contributed by atoms with Gasteiger partial charge >= 0.3 is 0 Å². The number of nitrogens with one attached hydrogen (secondary N) is 1. The maximum absolute atomic E-state index is 14.7. The number of rotatable bonds is 6. The minimum Gasteiger partial charge on any atom is -0.388 e. The quantitative estimate of drug-likeness (QED) is 0.370. The smallest absolute Gasteiger partial charge is 0.269 e. The Hall–Kier alpha value is -3.12. The Balaban J connectivity index is 1.59. The van der Waals surface area contributed by atoms with Crippen LogP contribution in [0.1, 0.15) is 24.8 Å². The van der Waals surface area contributed by atoms with E-state index in [0.29, 0.717) is 23.8 Å².